The van der Waals surface area contributed by atoms with E-state index in [-0.39, 0.29) is 5.92 Å². The monoisotopic (exact) mass is 277 g/mol. The van der Waals surface area contributed by atoms with Crippen molar-refractivity contribution in [1.82, 2.24) is 5.32 Å². The molecule has 0 saturated heterocycles. The fraction of sp³-hybridized carbons (Fsp3) is 0.562. The van der Waals surface area contributed by atoms with Gasteiger partial charge in [0.15, 0.2) is 0 Å². The van der Waals surface area contributed by atoms with Crippen molar-refractivity contribution in [3.8, 4) is 5.75 Å². The molecule has 1 saturated carbocycles. The minimum absolute atomic E-state index is 0.142. The highest BCUT2D eigenvalue weighted by Crippen LogP contribution is 2.38. The Bertz CT molecular complexity index is 435. The molecule has 4 nitrogen and oxygen atoms in total. The second-order valence-electron chi connectivity index (χ2n) is 5.35. The fourth-order valence-electron chi connectivity index (χ4n) is 3.21. The van der Waals surface area contributed by atoms with E-state index in [0.29, 0.717) is 19.6 Å². The third kappa shape index (κ3) is 3.12. The predicted octanol–water partition coefficient (Wildman–Crippen LogP) is 2.69. The molecule has 1 aromatic rings. The standard InChI is InChI=1S/C16H23NO3/c1-2-17-16(15(18)19)11-6-7-13(16)10-12-20-14-8-4-3-5-9-14/h3-5,8-9,13,17H,2,6-7,10-12H2,1H3,(H,18,19). The van der Waals surface area contributed by atoms with Crippen LogP contribution in [0.4, 0.5) is 0 Å². The molecule has 2 N–H and O–H groups in total. The zero-order valence-electron chi connectivity index (χ0n) is 12.0. The van der Waals surface area contributed by atoms with Crippen LogP contribution < -0.4 is 10.1 Å². The number of likely N-dealkylation sites (N-methyl/N-ethyl adjacent to an activating group) is 1. The second-order valence-corrected chi connectivity index (χ2v) is 5.35. The Morgan fingerprint density at radius 1 is 1.45 bits per heavy atom. The maximum Gasteiger partial charge on any atom is 0.324 e. The molecule has 0 radical (unpaired) electrons. The molecule has 2 unspecified atom stereocenters. The van der Waals surface area contributed by atoms with Gasteiger partial charge in [-0.1, -0.05) is 31.5 Å². The van der Waals surface area contributed by atoms with Crippen LogP contribution in [0.25, 0.3) is 0 Å². The lowest BCUT2D eigenvalue weighted by Crippen LogP contribution is -2.55. The molecule has 4 heteroatoms. The lowest BCUT2D eigenvalue weighted by molar-refractivity contribution is -0.146. The van der Waals surface area contributed by atoms with E-state index in [9.17, 15) is 9.90 Å². The van der Waals surface area contributed by atoms with Gasteiger partial charge in [-0.3, -0.25) is 4.79 Å². The number of carboxylic acid groups (broad SMARTS) is 1. The molecule has 0 amide bonds. The quantitative estimate of drug-likeness (QED) is 0.804. The van der Waals surface area contributed by atoms with Crippen molar-refractivity contribution in [2.75, 3.05) is 13.2 Å². The summed E-state index contributed by atoms with van der Waals surface area (Å²) in [5.74, 6) is 0.264. The molecule has 0 spiro atoms. The molecule has 1 aliphatic carbocycles. The minimum Gasteiger partial charge on any atom is -0.494 e. The summed E-state index contributed by atoms with van der Waals surface area (Å²) >= 11 is 0. The molecule has 1 fully saturated rings. The Morgan fingerprint density at radius 2 is 2.20 bits per heavy atom. The minimum atomic E-state index is -0.755. The summed E-state index contributed by atoms with van der Waals surface area (Å²) in [7, 11) is 0. The zero-order valence-corrected chi connectivity index (χ0v) is 12.0. The lowest BCUT2D eigenvalue weighted by Gasteiger charge is -2.32. The van der Waals surface area contributed by atoms with E-state index in [1.807, 2.05) is 37.3 Å². The van der Waals surface area contributed by atoms with Crippen LogP contribution >= 0.6 is 0 Å². The Labute approximate surface area is 120 Å². The number of carbonyl (C=O) groups is 1. The molecular weight excluding hydrogens is 254 g/mol. The molecule has 0 bridgehead atoms. The van der Waals surface area contributed by atoms with Crippen LogP contribution in [0.3, 0.4) is 0 Å². The summed E-state index contributed by atoms with van der Waals surface area (Å²) in [6.45, 7) is 3.21. The number of nitrogens with one attached hydrogen (secondary N) is 1. The van der Waals surface area contributed by atoms with Crippen molar-refractivity contribution in [2.24, 2.45) is 5.92 Å². The van der Waals surface area contributed by atoms with Crippen LogP contribution in [-0.2, 0) is 4.79 Å². The normalized spacial score (nSPS) is 25.6. The highest BCUT2D eigenvalue weighted by atomic mass is 16.5. The first-order chi connectivity index (χ1) is 9.69. The van der Waals surface area contributed by atoms with Crippen LogP contribution in [0.1, 0.15) is 32.6 Å². The molecule has 1 aliphatic rings. The Hall–Kier alpha value is -1.55. The van der Waals surface area contributed by atoms with Gasteiger partial charge in [-0.15, -0.1) is 0 Å². The third-order valence-electron chi connectivity index (χ3n) is 4.17. The first kappa shape index (κ1) is 14.9. The Morgan fingerprint density at radius 3 is 2.85 bits per heavy atom. The maximum absolute atomic E-state index is 11.7. The van der Waals surface area contributed by atoms with Crippen molar-refractivity contribution in [2.45, 2.75) is 38.1 Å². The number of ether oxygens (including phenoxy) is 1. The van der Waals surface area contributed by atoms with E-state index in [1.165, 1.54) is 0 Å². The summed E-state index contributed by atoms with van der Waals surface area (Å²) in [5.41, 5.74) is -0.755. The molecule has 110 valence electrons. The van der Waals surface area contributed by atoms with Gasteiger partial charge in [0.2, 0.25) is 0 Å². The van der Waals surface area contributed by atoms with Crippen LogP contribution in [0.5, 0.6) is 5.75 Å². The molecule has 0 heterocycles. The summed E-state index contributed by atoms with van der Waals surface area (Å²) in [4.78, 5) is 11.7. The van der Waals surface area contributed by atoms with Crippen molar-refractivity contribution in [3.05, 3.63) is 30.3 Å². The molecule has 2 atom stereocenters. The first-order valence-electron chi connectivity index (χ1n) is 7.35. The van der Waals surface area contributed by atoms with Crippen LogP contribution in [0.15, 0.2) is 30.3 Å². The number of benzene rings is 1. The first-order valence-corrected chi connectivity index (χ1v) is 7.35. The maximum atomic E-state index is 11.7. The summed E-state index contributed by atoms with van der Waals surface area (Å²) in [5, 5.41) is 12.8. The third-order valence-corrected chi connectivity index (χ3v) is 4.17. The van der Waals surface area contributed by atoms with Crippen molar-refractivity contribution in [3.63, 3.8) is 0 Å². The van der Waals surface area contributed by atoms with E-state index in [1.54, 1.807) is 0 Å². The van der Waals surface area contributed by atoms with Gasteiger partial charge in [-0.2, -0.15) is 0 Å². The van der Waals surface area contributed by atoms with Gasteiger partial charge in [-0.25, -0.2) is 0 Å². The largest absolute Gasteiger partial charge is 0.494 e. The van der Waals surface area contributed by atoms with E-state index in [4.69, 9.17) is 4.74 Å². The highest BCUT2D eigenvalue weighted by molar-refractivity contribution is 5.79. The van der Waals surface area contributed by atoms with Crippen molar-refractivity contribution < 1.29 is 14.6 Å². The number of rotatable bonds is 7. The van der Waals surface area contributed by atoms with Gasteiger partial charge in [0.05, 0.1) is 6.61 Å². The van der Waals surface area contributed by atoms with Crippen LogP contribution in [-0.4, -0.2) is 29.8 Å². The second kappa shape index (κ2) is 6.75. The van der Waals surface area contributed by atoms with E-state index < -0.39 is 11.5 Å². The molecular formula is C16H23NO3. The zero-order chi connectivity index (χ0) is 14.4. The summed E-state index contributed by atoms with van der Waals surface area (Å²) < 4.78 is 5.70. The van der Waals surface area contributed by atoms with E-state index in [0.717, 1.165) is 25.0 Å². The topological polar surface area (TPSA) is 58.6 Å². The summed E-state index contributed by atoms with van der Waals surface area (Å²) in [6.07, 6.45) is 3.41. The number of aliphatic carboxylic acids is 1. The molecule has 0 aromatic heterocycles. The van der Waals surface area contributed by atoms with Gasteiger partial charge in [0.25, 0.3) is 0 Å². The number of para-hydroxylation sites is 1. The number of hydrogen-bond donors (Lipinski definition) is 2. The van der Waals surface area contributed by atoms with Crippen molar-refractivity contribution in [1.29, 1.82) is 0 Å². The van der Waals surface area contributed by atoms with E-state index >= 15 is 0 Å². The lowest BCUT2D eigenvalue weighted by atomic mass is 9.84. The van der Waals surface area contributed by atoms with Gasteiger partial charge in [0.1, 0.15) is 11.3 Å². The predicted molar refractivity (Wildman–Crippen MR) is 77.9 cm³/mol. The Kier molecular flexibility index (Phi) is 5.01. The smallest absolute Gasteiger partial charge is 0.324 e. The number of hydrogen-bond acceptors (Lipinski definition) is 3. The van der Waals surface area contributed by atoms with Gasteiger partial charge >= 0.3 is 5.97 Å². The highest BCUT2D eigenvalue weighted by Gasteiger charge is 2.48. The SMILES string of the molecule is CCNC1(C(=O)O)CCCC1CCOc1ccccc1. The van der Waals surface area contributed by atoms with Gasteiger partial charge < -0.3 is 15.2 Å². The average Bonchev–Trinajstić information content (AvgIpc) is 2.85. The molecule has 0 aliphatic heterocycles. The number of carboxylic acids is 1. The van der Waals surface area contributed by atoms with Crippen LogP contribution in [0, 0.1) is 5.92 Å². The van der Waals surface area contributed by atoms with E-state index in [2.05, 4.69) is 5.32 Å². The molecule has 2 rings (SSSR count). The Balaban J connectivity index is 1.92. The fourth-order valence-corrected chi connectivity index (χ4v) is 3.21. The summed E-state index contributed by atoms with van der Waals surface area (Å²) in [6, 6.07) is 9.66. The van der Waals surface area contributed by atoms with Crippen molar-refractivity contribution >= 4 is 5.97 Å². The van der Waals surface area contributed by atoms with Crippen LogP contribution in [0.2, 0.25) is 0 Å². The van der Waals surface area contributed by atoms with Gasteiger partial charge in [0, 0.05) is 0 Å². The van der Waals surface area contributed by atoms with Gasteiger partial charge in [-0.05, 0) is 43.9 Å². The average molecular weight is 277 g/mol. The molecule has 20 heavy (non-hydrogen) atoms. The molecule has 1 aromatic carbocycles.